The van der Waals surface area contributed by atoms with Gasteiger partial charge in [-0.1, -0.05) is 30.6 Å². The predicted molar refractivity (Wildman–Crippen MR) is 88.0 cm³/mol. The van der Waals surface area contributed by atoms with Gasteiger partial charge in [0.15, 0.2) is 10.8 Å². The van der Waals surface area contributed by atoms with E-state index in [2.05, 4.69) is 20.5 Å². The van der Waals surface area contributed by atoms with E-state index in [1.807, 2.05) is 12.1 Å². The van der Waals surface area contributed by atoms with Crippen LogP contribution in [0.4, 0.5) is 5.13 Å². The Morgan fingerprint density at radius 3 is 2.95 bits per heavy atom. The van der Waals surface area contributed by atoms with E-state index in [4.69, 9.17) is 5.73 Å². The molecule has 2 aromatic heterocycles. The van der Waals surface area contributed by atoms with Gasteiger partial charge < -0.3 is 11.1 Å². The molecule has 1 aliphatic carbocycles. The van der Waals surface area contributed by atoms with Gasteiger partial charge in [-0.15, -0.1) is 0 Å². The van der Waals surface area contributed by atoms with Gasteiger partial charge >= 0.3 is 0 Å². The number of carbonyl (C=O) groups excluding carboxylic acids is 1. The van der Waals surface area contributed by atoms with Crippen molar-refractivity contribution in [3.05, 3.63) is 17.8 Å². The molecule has 3 aromatic rings. The summed E-state index contributed by atoms with van der Waals surface area (Å²) in [6.45, 7) is 0. The topological polar surface area (TPSA) is 96.7 Å². The standard InChI is InChI=1S/C15H17N5OS/c16-15-18-10-7-6-9-11(13(10)22-15)12(20-19-9)14(21)17-8-4-2-1-3-5-8/h6-8H,1-5H2,(H2,16,18)(H,17,21)(H,19,20). The molecule has 1 aliphatic rings. The maximum absolute atomic E-state index is 12.6. The molecule has 0 radical (unpaired) electrons. The summed E-state index contributed by atoms with van der Waals surface area (Å²) in [5.74, 6) is -0.113. The molecule has 0 spiro atoms. The first-order chi connectivity index (χ1) is 10.7. The average molecular weight is 315 g/mol. The number of hydrogen-bond donors (Lipinski definition) is 3. The van der Waals surface area contributed by atoms with Crippen molar-refractivity contribution in [3.8, 4) is 0 Å². The first-order valence-corrected chi connectivity index (χ1v) is 8.38. The van der Waals surface area contributed by atoms with Crippen LogP contribution >= 0.6 is 11.3 Å². The zero-order valence-corrected chi connectivity index (χ0v) is 12.9. The number of rotatable bonds is 2. The number of aromatic amines is 1. The minimum atomic E-state index is -0.113. The predicted octanol–water partition coefficient (Wildman–Crippen LogP) is 2.82. The molecular weight excluding hydrogens is 298 g/mol. The first-order valence-electron chi connectivity index (χ1n) is 7.56. The average Bonchev–Trinajstić information content (AvgIpc) is 3.10. The monoisotopic (exact) mass is 315 g/mol. The fraction of sp³-hybridized carbons (Fsp3) is 0.400. The Kier molecular flexibility index (Phi) is 3.22. The molecule has 0 aliphatic heterocycles. The third kappa shape index (κ3) is 2.21. The van der Waals surface area contributed by atoms with E-state index in [0.29, 0.717) is 10.8 Å². The molecule has 2 heterocycles. The number of H-pyrrole nitrogens is 1. The quantitative estimate of drug-likeness (QED) is 0.677. The number of fused-ring (bicyclic) bond motifs is 3. The van der Waals surface area contributed by atoms with Gasteiger partial charge in [-0.25, -0.2) is 4.98 Å². The molecule has 1 aromatic carbocycles. The molecule has 0 bridgehead atoms. The molecule has 7 heteroatoms. The molecule has 1 fully saturated rings. The van der Waals surface area contributed by atoms with Crippen molar-refractivity contribution in [3.63, 3.8) is 0 Å². The Morgan fingerprint density at radius 2 is 2.14 bits per heavy atom. The lowest BCUT2D eigenvalue weighted by Crippen LogP contribution is -2.36. The summed E-state index contributed by atoms with van der Waals surface area (Å²) in [5, 5.41) is 11.6. The number of anilines is 1. The van der Waals surface area contributed by atoms with Crippen LogP contribution in [0.2, 0.25) is 0 Å². The van der Waals surface area contributed by atoms with Crippen molar-refractivity contribution in [1.29, 1.82) is 0 Å². The van der Waals surface area contributed by atoms with Gasteiger partial charge in [-0.3, -0.25) is 9.89 Å². The first kappa shape index (κ1) is 13.5. The largest absolute Gasteiger partial charge is 0.375 e. The fourth-order valence-electron chi connectivity index (χ4n) is 3.17. The van der Waals surface area contributed by atoms with Gasteiger partial charge in [-0.05, 0) is 25.0 Å². The number of aromatic nitrogens is 3. The van der Waals surface area contributed by atoms with Crippen LogP contribution in [0.5, 0.6) is 0 Å². The second-order valence-electron chi connectivity index (χ2n) is 5.77. The van der Waals surface area contributed by atoms with Gasteiger partial charge in [0.2, 0.25) is 0 Å². The Morgan fingerprint density at radius 1 is 1.32 bits per heavy atom. The van der Waals surface area contributed by atoms with Crippen molar-refractivity contribution in [2.24, 2.45) is 0 Å². The SMILES string of the molecule is Nc1nc2ccc3[nH]nc(C(=O)NC4CCCCC4)c3c2s1. The van der Waals surface area contributed by atoms with Crippen LogP contribution < -0.4 is 11.1 Å². The molecular formula is C15H17N5OS. The van der Waals surface area contributed by atoms with Crippen LogP contribution in [0.1, 0.15) is 42.6 Å². The number of nitrogens with one attached hydrogen (secondary N) is 2. The van der Waals surface area contributed by atoms with Gasteiger partial charge in [0, 0.05) is 6.04 Å². The van der Waals surface area contributed by atoms with Crippen LogP contribution in [0.3, 0.4) is 0 Å². The smallest absolute Gasteiger partial charge is 0.272 e. The zero-order valence-electron chi connectivity index (χ0n) is 12.1. The highest BCUT2D eigenvalue weighted by Gasteiger charge is 2.22. The third-order valence-corrected chi connectivity index (χ3v) is 5.17. The Balaban J connectivity index is 1.74. The van der Waals surface area contributed by atoms with Crippen LogP contribution in [0, 0.1) is 0 Å². The molecule has 114 valence electrons. The Hall–Kier alpha value is -2.15. The Labute approximate surface area is 131 Å². The molecule has 0 atom stereocenters. The number of hydrogen-bond acceptors (Lipinski definition) is 5. The van der Waals surface area contributed by atoms with Gasteiger partial charge in [0.1, 0.15) is 0 Å². The van der Waals surface area contributed by atoms with Crippen LogP contribution in [0.15, 0.2) is 12.1 Å². The summed E-state index contributed by atoms with van der Waals surface area (Å²) < 4.78 is 0.914. The minimum absolute atomic E-state index is 0.113. The van der Waals surface area contributed by atoms with Crippen LogP contribution in [-0.2, 0) is 0 Å². The lowest BCUT2D eigenvalue weighted by Gasteiger charge is -2.22. The molecule has 1 amide bonds. The van der Waals surface area contributed by atoms with E-state index >= 15 is 0 Å². The summed E-state index contributed by atoms with van der Waals surface area (Å²) in [6, 6.07) is 4.05. The van der Waals surface area contributed by atoms with E-state index in [1.165, 1.54) is 30.6 Å². The third-order valence-electron chi connectivity index (χ3n) is 4.25. The summed E-state index contributed by atoms with van der Waals surface area (Å²) in [5.41, 5.74) is 7.89. The molecule has 22 heavy (non-hydrogen) atoms. The molecule has 6 nitrogen and oxygen atoms in total. The second-order valence-corrected chi connectivity index (χ2v) is 6.80. The van der Waals surface area contributed by atoms with Crippen molar-refractivity contribution >= 4 is 43.5 Å². The van der Waals surface area contributed by atoms with E-state index in [0.717, 1.165) is 34.0 Å². The van der Waals surface area contributed by atoms with Crippen molar-refractivity contribution in [2.45, 2.75) is 38.1 Å². The number of nitrogens with two attached hydrogens (primary N) is 1. The highest BCUT2D eigenvalue weighted by atomic mass is 32.1. The van der Waals surface area contributed by atoms with Crippen LogP contribution in [0.25, 0.3) is 21.1 Å². The molecule has 0 unspecified atom stereocenters. The maximum Gasteiger partial charge on any atom is 0.272 e. The normalized spacial score (nSPS) is 16.4. The summed E-state index contributed by atoms with van der Waals surface area (Å²) in [7, 11) is 0. The van der Waals surface area contributed by atoms with Gasteiger partial charge in [-0.2, -0.15) is 5.10 Å². The van der Waals surface area contributed by atoms with Crippen molar-refractivity contribution in [1.82, 2.24) is 20.5 Å². The molecule has 0 saturated heterocycles. The number of thiazole rings is 1. The summed E-state index contributed by atoms with van der Waals surface area (Å²) in [6.07, 6.45) is 5.73. The number of nitrogens with zero attached hydrogens (tertiary/aromatic N) is 2. The summed E-state index contributed by atoms with van der Waals surface area (Å²) in [4.78, 5) is 16.9. The highest BCUT2D eigenvalue weighted by molar-refractivity contribution is 7.23. The molecule has 4 N–H and O–H groups in total. The fourth-order valence-corrected chi connectivity index (χ4v) is 4.05. The lowest BCUT2D eigenvalue weighted by atomic mass is 9.95. The maximum atomic E-state index is 12.6. The Bertz CT molecular complexity index is 846. The number of amides is 1. The highest BCUT2D eigenvalue weighted by Crippen LogP contribution is 2.32. The second kappa shape index (κ2) is 5.24. The molecule has 4 rings (SSSR count). The van der Waals surface area contributed by atoms with Crippen molar-refractivity contribution < 1.29 is 4.79 Å². The van der Waals surface area contributed by atoms with E-state index in [1.54, 1.807) is 0 Å². The number of benzene rings is 1. The van der Waals surface area contributed by atoms with Crippen molar-refractivity contribution in [2.75, 3.05) is 5.73 Å². The number of nitrogen functional groups attached to an aromatic ring is 1. The van der Waals surface area contributed by atoms with Gasteiger partial charge in [0.25, 0.3) is 5.91 Å². The van der Waals surface area contributed by atoms with E-state index in [-0.39, 0.29) is 11.9 Å². The minimum Gasteiger partial charge on any atom is -0.375 e. The summed E-state index contributed by atoms with van der Waals surface area (Å²) >= 11 is 1.39. The lowest BCUT2D eigenvalue weighted by molar-refractivity contribution is 0.0924. The van der Waals surface area contributed by atoms with Crippen LogP contribution in [-0.4, -0.2) is 27.1 Å². The molecule has 1 saturated carbocycles. The van der Waals surface area contributed by atoms with E-state index in [9.17, 15) is 4.79 Å². The number of carbonyl (C=O) groups is 1. The van der Waals surface area contributed by atoms with Gasteiger partial charge in [0.05, 0.1) is 21.1 Å². The van der Waals surface area contributed by atoms with E-state index < -0.39 is 0 Å². The zero-order chi connectivity index (χ0) is 15.1.